The van der Waals surface area contributed by atoms with Crippen LogP contribution in [0.3, 0.4) is 0 Å². The average molecular weight is 438 g/mol. The number of anilines is 1. The lowest BCUT2D eigenvalue weighted by molar-refractivity contribution is -0.132. The van der Waals surface area contributed by atoms with Crippen molar-refractivity contribution in [3.63, 3.8) is 0 Å². The Kier molecular flexibility index (Phi) is 5.44. The second-order valence-corrected chi connectivity index (χ2v) is 9.01. The number of aryl methyl sites for hydroxylation is 2. The van der Waals surface area contributed by atoms with Crippen molar-refractivity contribution in [3.05, 3.63) is 76.4 Å². The van der Waals surface area contributed by atoms with Gasteiger partial charge in [0.15, 0.2) is 4.34 Å². The van der Waals surface area contributed by atoms with E-state index in [1.165, 1.54) is 28.0 Å². The Morgan fingerprint density at radius 1 is 1.00 bits per heavy atom. The molecule has 2 aromatic carbocycles. The van der Waals surface area contributed by atoms with Gasteiger partial charge in [-0.05, 0) is 25.7 Å². The standard InChI is InChI=1S/C22H19N3O3S2/c1-12-4-8-14(9-5-12)17-16(18(26)15-10-6-13(2)7-11-15)19(27)20(28)25(17)21-23-24-22(29-3)30-21/h4-11,17,26H,1-3H3/b18-16+/t17-/m1/s1. The maximum Gasteiger partial charge on any atom is 0.301 e. The Balaban J connectivity index is 1.92. The summed E-state index contributed by atoms with van der Waals surface area (Å²) < 4.78 is 0.688. The van der Waals surface area contributed by atoms with Gasteiger partial charge in [0.25, 0.3) is 5.78 Å². The molecule has 0 saturated carbocycles. The molecule has 1 aliphatic heterocycles. The minimum Gasteiger partial charge on any atom is -0.507 e. The lowest BCUT2D eigenvalue weighted by Gasteiger charge is -2.22. The molecule has 0 radical (unpaired) electrons. The first-order chi connectivity index (χ1) is 14.4. The van der Waals surface area contributed by atoms with Gasteiger partial charge in [-0.2, -0.15) is 0 Å². The van der Waals surface area contributed by atoms with Crippen LogP contribution in [0, 0.1) is 13.8 Å². The van der Waals surface area contributed by atoms with Gasteiger partial charge in [-0.25, -0.2) is 0 Å². The van der Waals surface area contributed by atoms with Gasteiger partial charge in [0.05, 0.1) is 11.6 Å². The van der Waals surface area contributed by atoms with Crippen molar-refractivity contribution >= 4 is 45.7 Å². The van der Waals surface area contributed by atoms with Crippen LogP contribution < -0.4 is 4.90 Å². The molecule has 3 aromatic rings. The van der Waals surface area contributed by atoms with E-state index in [0.717, 1.165) is 16.7 Å². The van der Waals surface area contributed by atoms with Crippen molar-refractivity contribution in [2.75, 3.05) is 11.2 Å². The first kappa shape index (κ1) is 20.3. The summed E-state index contributed by atoms with van der Waals surface area (Å²) in [7, 11) is 0. The highest BCUT2D eigenvalue weighted by molar-refractivity contribution is 8.00. The van der Waals surface area contributed by atoms with Gasteiger partial charge in [-0.15, -0.1) is 10.2 Å². The van der Waals surface area contributed by atoms with Gasteiger partial charge >= 0.3 is 5.91 Å². The zero-order valence-corrected chi connectivity index (χ0v) is 18.3. The predicted octanol–water partition coefficient (Wildman–Crippen LogP) is 4.50. The van der Waals surface area contributed by atoms with E-state index in [1.807, 2.05) is 56.5 Å². The molecule has 30 heavy (non-hydrogen) atoms. The van der Waals surface area contributed by atoms with Gasteiger partial charge in [-0.1, -0.05) is 82.8 Å². The Hall–Kier alpha value is -2.97. The SMILES string of the molecule is CSc1nnc(N2C(=O)C(=O)/C(=C(/O)c3ccc(C)cc3)[C@H]2c2ccc(C)cc2)s1. The van der Waals surface area contributed by atoms with Crippen molar-refractivity contribution in [1.29, 1.82) is 0 Å². The molecular weight excluding hydrogens is 418 g/mol. The van der Waals surface area contributed by atoms with Crippen LogP contribution in [0.1, 0.15) is 28.3 Å². The molecule has 1 aromatic heterocycles. The Bertz CT molecular complexity index is 1150. The summed E-state index contributed by atoms with van der Waals surface area (Å²) in [6.07, 6.45) is 1.87. The normalized spacial score (nSPS) is 18.2. The van der Waals surface area contributed by atoms with E-state index < -0.39 is 17.7 Å². The van der Waals surface area contributed by atoms with Crippen molar-refractivity contribution < 1.29 is 14.7 Å². The number of carbonyl (C=O) groups excluding carboxylic acids is 2. The number of carbonyl (C=O) groups is 2. The Morgan fingerprint density at radius 3 is 2.17 bits per heavy atom. The van der Waals surface area contributed by atoms with E-state index in [9.17, 15) is 14.7 Å². The van der Waals surface area contributed by atoms with Gasteiger partial charge in [-0.3, -0.25) is 14.5 Å². The molecular formula is C22H19N3O3S2. The van der Waals surface area contributed by atoms with E-state index in [-0.39, 0.29) is 11.3 Å². The van der Waals surface area contributed by atoms with E-state index in [1.54, 1.807) is 12.1 Å². The van der Waals surface area contributed by atoms with E-state index in [4.69, 9.17) is 0 Å². The van der Waals surface area contributed by atoms with Crippen molar-refractivity contribution in [2.24, 2.45) is 0 Å². The van der Waals surface area contributed by atoms with Crippen LogP contribution in [0.4, 0.5) is 5.13 Å². The summed E-state index contributed by atoms with van der Waals surface area (Å²) in [4.78, 5) is 27.4. The van der Waals surface area contributed by atoms with E-state index in [0.29, 0.717) is 15.0 Å². The quantitative estimate of drug-likeness (QED) is 0.213. The first-order valence-electron chi connectivity index (χ1n) is 9.23. The highest BCUT2D eigenvalue weighted by Gasteiger charge is 2.48. The Morgan fingerprint density at radius 2 is 1.60 bits per heavy atom. The number of aromatic nitrogens is 2. The number of nitrogens with zero attached hydrogens (tertiary/aromatic N) is 3. The number of hydrogen-bond acceptors (Lipinski definition) is 7. The molecule has 1 amide bonds. The van der Waals surface area contributed by atoms with Gasteiger partial charge < -0.3 is 5.11 Å². The van der Waals surface area contributed by atoms with Crippen LogP contribution >= 0.6 is 23.1 Å². The number of rotatable bonds is 4. The monoisotopic (exact) mass is 437 g/mol. The predicted molar refractivity (Wildman–Crippen MR) is 119 cm³/mol. The van der Waals surface area contributed by atoms with Crippen LogP contribution in [-0.4, -0.2) is 33.3 Å². The maximum absolute atomic E-state index is 13.0. The number of aliphatic hydroxyl groups is 1. The molecule has 0 unspecified atom stereocenters. The maximum atomic E-state index is 13.0. The van der Waals surface area contributed by atoms with E-state index in [2.05, 4.69) is 10.2 Å². The molecule has 152 valence electrons. The summed E-state index contributed by atoms with van der Waals surface area (Å²) >= 11 is 2.65. The Labute approximate surface area is 182 Å². The molecule has 1 aliphatic rings. The molecule has 6 nitrogen and oxygen atoms in total. The molecule has 1 saturated heterocycles. The molecule has 0 aliphatic carbocycles. The van der Waals surface area contributed by atoms with E-state index >= 15 is 0 Å². The largest absolute Gasteiger partial charge is 0.507 e. The van der Waals surface area contributed by atoms with Crippen LogP contribution in [0.25, 0.3) is 5.76 Å². The third-order valence-electron chi connectivity index (χ3n) is 4.94. The van der Waals surface area contributed by atoms with Crippen LogP contribution in [-0.2, 0) is 9.59 Å². The van der Waals surface area contributed by atoms with Crippen LogP contribution in [0.5, 0.6) is 0 Å². The summed E-state index contributed by atoms with van der Waals surface area (Å²) in [5.74, 6) is -1.66. The van der Waals surface area contributed by atoms with Crippen molar-refractivity contribution in [3.8, 4) is 0 Å². The number of ketones is 1. The number of amides is 1. The molecule has 2 heterocycles. The highest BCUT2D eigenvalue weighted by Crippen LogP contribution is 2.43. The zero-order chi connectivity index (χ0) is 21.4. The molecule has 0 bridgehead atoms. The minimum absolute atomic E-state index is 0.0496. The minimum atomic E-state index is -0.783. The average Bonchev–Trinajstić information content (AvgIpc) is 3.31. The zero-order valence-electron chi connectivity index (χ0n) is 16.6. The summed E-state index contributed by atoms with van der Waals surface area (Å²) in [5, 5.41) is 19.6. The molecule has 0 spiro atoms. The molecule has 1 fully saturated rings. The first-order valence-corrected chi connectivity index (χ1v) is 11.3. The summed E-state index contributed by atoms with van der Waals surface area (Å²) in [6.45, 7) is 3.90. The van der Waals surface area contributed by atoms with Crippen molar-refractivity contribution in [2.45, 2.75) is 24.2 Å². The summed E-state index contributed by atoms with van der Waals surface area (Å²) in [5.41, 5.74) is 3.33. The fourth-order valence-corrected chi connectivity index (χ4v) is 4.63. The number of benzene rings is 2. The van der Waals surface area contributed by atoms with Crippen molar-refractivity contribution in [1.82, 2.24) is 10.2 Å². The number of thioether (sulfide) groups is 1. The number of aliphatic hydroxyl groups excluding tert-OH is 1. The second-order valence-electron chi connectivity index (χ2n) is 7.00. The molecule has 1 atom stereocenters. The van der Waals surface area contributed by atoms with Crippen LogP contribution in [0.2, 0.25) is 0 Å². The topological polar surface area (TPSA) is 83.4 Å². The molecule has 8 heteroatoms. The third kappa shape index (κ3) is 3.53. The molecule has 1 N–H and O–H groups in total. The second kappa shape index (κ2) is 8.04. The van der Waals surface area contributed by atoms with Gasteiger partial charge in [0, 0.05) is 5.56 Å². The third-order valence-corrected chi connectivity index (χ3v) is 6.84. The lowest BCUT2D eigenvalue weighted by Crippen LogP contribution is -2.29. The fourth-order valence-electron chi connectivity index (χ4n) is 3.34. The number of hydrogen-bond donors (Lipinski definition) is 1. The van der Waals surface area contributed by atoms with Gasteiger partial charge in [0.1, 0.15) is 5.76 Å². The number of Topliss-reactive ketones (excluding diaryl/α,β-unsaturated/α-hetero) is 1. The van der Waals surface area contributed by atoms with Gasteiger partial charge in [0.2, 0.25) is 5.13 Å². The van der Waals surface area contributed by atoms with Crippen LogP contribution in [0.15, 0.2) is 58.4 Å². The highest BCUT2D eigenvalue weighted by atomic mass is 32.2. The molecule has 4 rings (SSSR count). The lowest BCUT2D eigenvalue weighted by atomic mass is 9.94. The summed E-state index contributed by atoms with van der Waals surface area (Å²) in [6, 6.07) is 13.9. The fraction of sp³-hybridized carbons (Fsp3) is 0.182. The smallest absolute Gasteiger partial charge is 0.301 e.